The molecule has 0 unspecified atom stereocenters. The molecule has 26 heavy (non-hydrogen) atoms. The van der Waals surface area contributed by atoms with E-state index in [1.165, 1.54) is 48.7 Å². The lowest BCUT2D eigenvalue weighted by Gasteiger charge is -2.04. The van der Waals surface area contributed by atoms with Crippen LogP contribution in [0.25, 0.3) is 20.7 Å². The van der Waals surface area contributed by atoms with Crippen molar-refractivity contribution in [1.82, 2.24) is 15.3 Å². The van der Waals surface area contributed by atoms with Gasteiger partial charge in [0.1, 0.15) is 23.7 Å². The maximum Gasteiger partial charge on any atom is 0.325 e. The van der Waals surface area contributed by atoms with E-state index in [4.69, 9.17) is 0 Å². The van der Waals surface area contributed by atoms with Gasteiger partial charge in [0, 0.05) is 4.88 Å². The largest absolute Gasteiger partial charge is 0.468 e. The highest BCUT2D eigenvalue weighted by molar-refractivity contribution is 8.00. The molecule has 6 nitrogen and oxygen atoms in total. The average Bonchev–Trinajstić information content (AvgIpc) is 3.09. The molecule has 0 aliphatic heterocycles. The van der Waals surface area contributed by atoms with Crippen LogP contribution in [0, 0.1) is 5.82 Å². The van der Waals surface area contributed by atoms with Crippen molar-refractivity contribution in [2.75, 3.05) is 19.4 Å². The molecule has 1 N–H and O–H groups in total. The molecule has 134 valence electrons. The summed E-state index contributed by atoms with van der Waals surface area (Å²) in [4.78, 5) is 32.3. The number of esters is 1. The van der Waals surface area contributed by atoms with Gasteiger partial charge in [-0.2, -0.15) is 0 Å². The van der Waals surface area contributed by atoms with E-state index in [2.05, 4.69) is 20.0 Å². The molecule has 2 aromatic heterocycles. The Morgan fingerprint density at radius 2 is 2.04 bits per heavy atom. The number of nitrogens with zero attached hydrogens (tertiary/aromatic N) is 2. The molecular weight excluding hydrogens is 377 g/mol. The van der Waals surface area contributed by atoms with Crippen molar-refractivity contribution in [3.05, 3.63) is 42.5 Å². The second-order valence-electron chi connectivity index (χ2n) is 5.15. The van der Waals surface area contributed by atoms with Gasteiger partial charge in [-0.15, -0.1) is 11.3 Å². The number of halogens is 1. The standard InChI is InChI=1S/C17H14FN3O3S2/c1-24-15(23)7-19-14(22)8-25-17-16-12(20-9-21-17)6-13(26-16)10-2-4-11(18)5-3-10/h2-6,9H,7-8H2,1H3,(H,19,22). The summed E-state index contributed by atoms with van der Waals surface area (Å²) in [6.07, 6.45) is 1.44. The van der Waals surface area contributed by atoms with Crippen LogP contribution in [0.3, 0.4) is 0 Å². The van der Waals surface area contributed by atoms with Crippen LogP contribution in [0.15, 0.2) is 41.7 Å². The Balaban J connectivity index is 1.74. The number of benzene rings is 1. The van der Waals surface area contributed by atoms with Crippen molar-refractivity contribution in [1.29, 1.82) is 0 Å². The predicted molar refractivity (Wildman–Crippen MR) is 98.6 cm³/mol. The number of carbonyl (C=O) groups excluding carboxylic acids is 2. The lowest BCUT2D eigenvalue weighted by molar-refractivity contribution is -0.140. The lowest BCUT2D eigenvalue weighted by Crippen LogP contribution is -2.31. The monoisotopic (exact) mass is 391 g/mol. The fraction of sp³-hybridized carbons (Fsp3) is 0.176. The summed E-state index contributed by atoms with van der Waals surface area (Å²) in [5.74, 6) is -0.964. The second-order valence-corrected chi connectivity index (χ2v) is 7.17. The third-order valence-corrected chi connectivity index (χ3v) is 5.70. The smallest absolute Gasteiger partial charge is 0.325 e. The Morgan fingerprint density at radius 3 is 2.77 bits per heavy atom. The van der Waals surface area contributed by atoms with Gasteiger partial charge in [0.2, 0.25) is 5.91 Å². The van der Waals surface area contributed by atoms with Crippen molar-refractivity contribution in [3.8, 4) is 10.4 Å². The Bertz CT molecular complexity index is 944. The number of methoxy groups -OCH3 is 1. The van der Waals surface area contributed by atoms with Crippen molar-refractivity contribution in [3.63, 3.8) is 0 Å². The van der Waals surface area contributed by atoms with Gasteiger partial charge < -0.3 is 10.1 Å². The third kappa shape index (κ3) is 4.36. The number of ether oxygens (including phenoxy) is 1. The minimum absolute atomic E-state index is 0.118. The van der Waals surface area contributed by atoms with E-state index >= 15 is 0 Å². The highest BCUT2D eigenvalue weighted by Gasteiger charge is 2.13. The molecule has 0 aliphatic carbocycles. The molecule has 0 atom stereocenters. The highest BCUT2D eigenvalue weighted by Crippen LogP contribution is 2.36. The van der Waals surface area contributed by atoms with Crippen molar-refractivity contribution in [2.45, 2.75) is 5.03 Å². The number of fused-ring (bicyclic) bond motifs is 1. The van der Waals surface area contributed by atoms with Gasteiger partial charge >= 0.3 is 5.97 Å². The van der Waals surface area contributed by atoms with Crippen LogP contribution >= 0.6 is 23.1 Å². The van der Waals surface area contributed by atoms with Crippen LogP contribution < -0.4 is 5.32 Å². The van der Waals surface area contributed by atoms with Crippen LogP contribution in [0.1, 0.15) is 0 Å². The quantitative estimate of drug-likeness (QED) is 0.395. The molecule has 0 fully saturated rings. The molecule has 3 aromatic rings. The Morgan fingerprint density at radius 1 is 1.27 bits per heavy atom. The van der Waals surface area contributed by atoms with E-state index in [-0.39, 0.29) is 24.0 Å². The zero-order valence-corrected chi connectivity index (χ0v) is 15.3. The fourth-order valence-electron chi connectivity index (χ4n) is 2.12. The molecule has 3 rings (SSSR count). The number of hydrogen-bond acceptors (Lipinski definition) is 7. The summed E-state index contributed by atoms with van der Waals surface area (Å²) >= 11 is 2.75. The maximum absolute atomic E-state index is 13.1. The summed E-state index contributed by atoms with van der Waals surface area (Å²) in [5, 5.41) is 3.16. The fourth-order valence-corrected chi connectivity index (χ4v) is 4.15. The molecule has 1 aromatic carbocycles. The average molecular weight is 391 g/mol. The van der Waals surface area contributed by atoms with Gasteiger partial charge in [-0.05, 0) is 23.8 Å². The molecule has 0 saturated carbocycles. The van der Waals surface area contributed by atoms with Gasteiger partial charge in [0.15, 0.2) is 0 Å². The number of carbonyl (C=O) groups is 2. The molecule has 2 heterocycles. The van der Waals surface area contributed by atoms with E-state index in [1.54, 1.807) is 12.1 Å². The first-order valence-corrected chi connectivity index (χ1v) is 9.34. The van der Waals surface area contributed by atoms with Crippen LogP contribution in [-0.4, -0.2) is 41.3 Å². The van der Waals surface area contributed by atoms with E-state index in [0.29, 0.717) is 5.03 Å². The first-order valence-electron chi connectivity index (χ1n) is 7.53. The van der Waals surface area contributed by atoms with E-state index in [1.807, 2.05) is 6.07 Å². The summed E-state index contributed by atoms with van der Waals surface area (Å²) in [6, 6.07) is 8.15. The molecule has 0 bridgehead atoms. The van der Waals surface area contributed by atoms with Crippen molar-refractivity contribution < 1.29 is 18.7 Å². The highest BCUT2D eigenvalue weighted by atomic mass is 32.2. The molecule has 0 spiro atoms. The normalized spacial score (nSPS) is 10.7. The first-order chi connectivity index (χ1) is 12.6. The third-order valence-electron chi connectivity index (χ3n) is 3.40. The Kier molecular flexibility index (Phi) is 5.79. The van der Waals surface area contributed by atoms with Crippen LogP contribution in [0.2, 0.25) is 0 Å². The van der Waals surface area contributed by atoms with Gasteiger partial charge in [0.05, 0.1) is 23.1 Å². The predicted octanol–water partition coefficient (Wildman–Crippen LogP) is 2.88. The summed E-state index contributed by atoms with van der Waals surface area (Å²) < 4.78 is 18.4. The molecule has 0 radical (unpaired) electrons. The number of rotatable bonds is 6. The van der Waals surface area contributed by atoms with Gasteiger partial charge in [0.25, 0.3) is 0 Å². The molecule has 0 aliphatic rings. The number of thioether (sulfide) groups is 1. The molecular formula is C17H14FN3O3S2. The minimum Gasteiger partial charge on any atom is -0.468 e. The summed E-state index contributed by atoms with van der Waals surface area (Å²) in [5.41, 5.74) is 1.66. The second kappa shape index (κ2) is 8.24. The van der Waals surface area contributed by atoms with Gasteiger partial charge in [-0.1, -0.05) is 23.9 Å². The van der Waals surface area contributed by atoms with Crippen LogP contribution in [0.5, 0.6) is 0 Å². The zero-order valence-electron chi connectivity index (χ0n) is 13.7. The minimum atomic E-state index is -0.505. The van der Waals surface area contributed by atoms with E-state index in [9.17, 15) is 14.0 Å². The number of nitrogens with one attached hydrogen (secondary N) is 1. The SMILES string of the molecule is COC(=O)CNC(=O)CSc1ncnc2cc(-c3ccc(F)cc3)sc12. The Labute approximate surface area is 156 Å². The van der Waals surface area contributed by atoms with E-state index in [0.717, 1.165) is 20.7 Å². The lowest BCUT2D eigenvalue weighted by atomic mass is 10.2. The van der Waals surface area contributed by atoms with Crippen LogP contribution in [-0.2, 0) is 14.3 Å². The molecule has 1 amide bonds. The topological polar surface area (TPSA) is 81.2 Å². The zero-order chi connectivity index (χ0) is 18.5. The molecule has 0 saturated heterocycles. The Hall–Kier alpha value is -2.52. The summed E-state index contributed by atoms with van der Waals surface area (Å²) in [6.45, 7) is -0.164. The van der Waals surface area contributed by atoms with Crippen LogP contribution in [0.4, 0.5) is 4.39 Å². The number of thiophene rings is 1. The number of hydrogen-bond donors (Lipinski definition) is 1. The van der Waals surface area contributed by atoms with E-state index < -0.39 is 5.97 Å². The van der Waals surface area contributed by atoms with Crippen molar-refractivity contribution in [2.24, 2.45) is 0 Å². The number of aromatic nitrogens is 2. The van der Waals surface area contributed by atoms with Gasteiger partial charge in [-0.25, -0.2) is 14.4 Å². The maximum atomic E-state index is 13.1. The number of amides is 1. The first kappa shape index (κ1) is 18.3. The van der Waals surface area contributed by atoms with Gasteiger partial charge in [-0.3, -0.25) is 9.59 Å². The summed E-state index contributed by atoms with van der Waals surface area (Å²) in [7, 11) is 1.26. The van der Waals surface area contributed by atoms with Crippen molar-refractivity contribution >= 4 is 45.2 Å². The molecule has 9 heteroatoms.